The lowest BCUT2D eigenvalue weighted by Gasteiger charge is -2.34. The monoisotopic (exact) mass is 151 g/mol. The minimum absolute atomic E-state index is 0.354. The molecule has 11 heavy (non-hydrogen) atoms. The molecule has 0 aromatic heterocycles. The molecule has 2 heteroatoms. The minimum atomic E-state index is -0.354. The van der Waals surface area contributed by atoms with E-state index in [-0.39, 0.29) is 4.65 Å². The van der Waals surface area contributed by atoms with Crippen LogP contribution in [-0.4, -0.2) is 14.1 Å². The van der Waals surface area contributed by atoms with Gasteiger partial charge in [-0.3, -0.25) is 0 Å². The van der Waals surface area contributed by atoms with Gasteiger partial charge >= 0.3 is 0 Å². The molecule has 0 atom stereocenters. The molecule has 0 heterocycles. The molecule has 0 aliphatic carbocycles. The normalized spacial score (nSPS) is 11.6. The number of quaternary nitrogens is 1. The highest BCUT2D eigenvalue weighted by Gasteiger charge is 2.08. The van der Waals surface area contributed by atoms with Crippen molar-refractivity contribution in [2.75, 3.05) is 14.1 Å². The summed E-state index contributed by atoms with van der Waals surface area (Å²) in [6.45, 7) is 1.95. The molecule has 60 valence electrons. The summed E-state index contributed by atoms with van der Waals surface area (Å²) in [5, 5.41) is 11.5. The topological polar surface area (TPSA) is 23.1 Å². The average molecular weight is 151 g/mol. The van der Waals surface area contributed by atoms with Crippen LogP contribution in [-0.2, 0) is 0 Å². The number of para-hydroxylation sites is 1. The van der Waals surface area contributed by atoms with Crippen molar-refractivity contribution in [1.82, 2.24) is 4.65 Å². The quantitative estimate of drug-likeness (QED) is 0.445. The molecule has 0 fully saturated rings. The largest absolute Gasteiger partial charge is 0.628 e. The number of nitrogens with zero attached hydrogens (tertiary/aromatic N) is 1. The van der Waals surface area contributed by atoms with Crippen LogP contribution in [0.25, 0.3) is 0 Å². The van der Waals surface area contributed by atoms with Crippen LogP contribution in [0.3, 0.4) is 0 Å². The third-order valence-electron chi connectivity index (χ3n) is 1.70. The van der Waals surface area contributed by atoms with Crippen molar-refractivity contribution in [3.8, 4) is 0 Å². The predicted molar refractivity (Wildman–Crippen MR) is 48.2 cm³/mol. The van der Waals surface area contributed by atoms with E-state index in [1.54, 1.807) is 14.1 Å². The third kappa shape index (κ3) is 1.79. The minimum Gasteiger partial charge on any atom is -0.628 e. The SMILES string of the molecule is Cc1ccccc1[N+](C)(C)[O-]. The smallest absolute Gasteiger partial charge is 0.135 e. The molecule has 1 aromatic carbocycles. The van der Waals surface area contributed by atoms with E-state index in [2.05, 4.69) is 0 Å². The number of hydrogen-bond acceptors (Lipinski definition) is 1. The molecular weight excluding hydrogens is 138 g/mol. The summed E-state index contributed by atoms with van der Waals surface area (Å²) in [4.78, 5) is 0. The number of benzene rings is 1. The highest BCUT2D eigenvalue weighted by atomic mass is 16.5. The fourth-order valence-electron chi connectivity index (χ4n) is 1.17. The first-order valence-corrected chi connectivity index (χ1v) is 3.63. The van der Waals surface area contributed by atoms with E-state index in [1.165, 1.54) is 0 Å². The Morgan fingerprint density at radius 2 is 1.73 bits per heavy atom. The summed E-state index contributed by atoms with van der Waals surface area (Å²) in [5.74, 6) is 0. The molecule has 0 saturated heterocycles. The van der Waals surface area contributed by atoms with Gasteiger partial charge in [-0.1, -0.05) is 18.2 Å². The van der Waals surface area contributed by atoms with Crippen LogP contribution in [0.2, 0.25) is 0 Å². The van der Waals surface area contributed by atoms with Gasteiger partial charge < -0.3 is 9.85 Å². The van der Waals surface area contributed by atoms with E-state index in [4.69, 9.17) is 0 Å². The average Bonchev–Trinajstić information content (AvgIpc) is 1.86. The van der Waals surface area contributed by atoms with Crippen molar-refractivity contribution in [1.29, 1.82) is 0 Å². The molecule has 2 nitrogen and oxygen atoms in total. The number of hydrogen-bond donors (Lipinski definition) is 0. The van der Waals surface area contributed by atoms with Gasteiger partial charge in [-0.05, 0) is 13.0 Å². The molecule has 0 aliphatic heterocycles. The molecule has 1 aromatic rings. The Morgan fingerprint density at radius 1 is 1.18 bits per heavy atom. The number of hydroxylamine groups is 2. The van der Waals surface area contributed by atoms with Gasteiger partial charge in [-0.2, -0.15) is 0 Å². The predicted octanol–water partition coefficient (Wildman–Crippen LogP) is 2.06. The van der Waals surface area contributed by atoms with E-state index >= 15 is 0 Å². The first kappa shape index (κ1) is 8.24. The van der Waals surface area contributed by atoms with Crippen molar-refractivity contribution in [3.63, 3.8) is 0 Å². The van der Waals surface area contributed by atoms with Gasteiger partial charge in [0.1, 0.15) is 5.69 Å². The maximum absolute atomic E-state index is 11.5. The highest BCUT2D eigenvalue weighted by molar-refractivity contribution is 5.49. The second-order valence-electron chi connectivity index (χ2n) is 3.14. The molecule has 0 aliphatic rings. The van der Waals surface area contributed by atoms with Crippen molar-refractivity contribution in [3.05, 3.63) is 35.0 Å². The van der Waals surface area contributed by atoms with E-state index < -0.39 is 0 Å². The van der Waals surface area contributed by atoms with Crippen LogP contribution < -0.4 is 4.65 Å². The van der Waals surface area contributed by atoms with Crippen LogP contribution in [0.15, 0.2) is 24.3 Å². The van der Waals surface area contributed by atoms with Crippen LogP contribution in [0.4, 0.5) is 5.69 Å². The summed E-state index contributed by atoms with van der Waals surface area (Å²) in [5.41, 5.74) is 1.88. The summed E-state index contributed by atoms with van der Waals surface area (Å²) >= 11 is 0. The first-order valence-electron chi connectivity index (χ1n) is 3.63. The van der Waals surface area contributed by atoms with Gasteiger partial charge in [0.25, 0.3) is 0 Å². The summed E-state index contributed by atoms with van der Waals surface area (Å²) < 4.78 is -0.354. The third-order valence-corrected chi connectivity index (χ3v) is 1.70. The van der Waals surface area contributed by atoms with E-state index in [1.807, 2.05) is 31.2 Å². The Bertz CT molecular complexity index is 250. The van der Waals surface area contributed by atoms with Gasteiger partial charge in [-0.15, -0.1) is 0 Å². The highest BCUT2D eigenvalue weighted by Crippen LogP contribution is 2.21. The van der Waals surface area contributed by atoms with Crippen molar-refractivity contribution in [2.24, 2.45) is 0 Å². The lowest BCUT2D eigenvalue weighted by atomic mass is 10.2. The fraction of sp³-hybridized carbons (Fsp3) is 0.333. The summed E-state index contributed by atoms with van der Waals surface area (Å²) in [6, 6.07) is 7.64. The van der Waals surface area contributed by atoms with Crippen molar-refractivity contribution < 1.29 is 0 Å². The zero-order chi connectivity index (χ0) is 8.48. The zero-order valence-corrected chi connectivity index (χ0v) is 7.16. The standard InChI is InChI=1S/C9H13NO/c1-8-6-4-5-7-9(8)10(2,3)11/h4-7H,1-3H3. The molecule has 1 rings (SSSR count). The Kier molecular flexibility index (Phi) is 1.98. The lowest BCUT2D eigenvalue weighted by Crippen LogP contribution is -2.32. The summed E-state index contributed by atoms with van der Waals surface area (Å²) in [7, 11) is 3.25. The van der Waals surface area contributed by atoms with Crippen LogP contribution in [0.1, 0.15) is 5.56 Å². The summed E-state index contributed by atoms with van der Waals surface area (Å²) in [6.07, 6.45) is 0. The van der Waals surface area contributed by atoms with Crippen molar-refractivity contribution in [2.45, 2.75) is 6.92 Å². The Labute approximate surface area is 67.2 Å². The second-order valence-corrected chi connectivity index (χ2v) is 3.14. The van der Waals surface area contributed by atoms with Gasteiger partial charge in [0.2, 0.25) is 0 Å². The van der Waals surface area contributed by atoms with Crippen LogP contribution >= 0.6 is 0 Å². The second kappa shape index (κ2) is 2.64. The molecule has 0 amide bonds. The molecule has 0 saturated carbocycles. The van der Waals surface area contributed by atoms with E-state index in [0.29, 0.717) is 0 Å². The van der Waals surface area contributed by atoms with Crippen molar-refractivity contribution >= 4 is 5.69 Å². The van der Waals surface area contributed by atoms with Gasteiger partial charge in [0, 0.05) is 5.56 Å². The first-order chi connectivity index (χ1) is 5.02. The Morgan fingerprint density at radius 3 is 2.09 bits per heavy atom. The van der Waals surface area contributed by atoms with E-state index in [9.17, 15) is 5.21 Å². The molecule has 0 unspecified atom stereocenters. The van der Waals surface area contributed by atoms with E-state index in [0.717, 1.165) is 11.3 Å². The molecular formula is C9H13NO. The number of rotatable bonds is 1. The maximum atomic E-state index is 11.5. The maximum Gasteiger partial charge on any atom is 0.135 e. The van der Waals surface area contributed by atoms with Gasteiger partial charge in [0.05, 0.1) is 14.1 Å². The number of aryl methyl sites for hydroxylation is 1. The molecule has 0 radical (unpaired) electrons. The van der Waals surface area contributed by atoms with Gasteiger partial charge in [-0.25, -0.2) is 0 Å². The Hall–Kier alpha value is -0.860. The molecule has 0 bridgehead atoms. The van der Waals surface area contributed by atoms with Crippen LogP contribution in [0, 0.1) is 12.1 Å². The Balaban J connectivity index is 3.14. The van der Waals surface area contributed by atoms with Gasteiger partial charge in [0.15, 0.2) is 0 Å². The van der Waals surface area contributed by atoms with Crippen LogP contribution in [0.5, 0.6) is 0 Å². The lowest BCUT2D eigenvalue weighted by molar-refractivity contribution is 0.540. The molecule has 0 spiro atoms. The zero-order valence-electron chi connectivity index (χ0n) is 7.16. The fourth-order valence-corrected chi connectivity index (χ4v) is 1.17. The molecule has 0 N–H and O–H groups in total.